The van der Waals surface area contributed by atoms with E-state index in [9.17, 15) is 14.9 Å². The molecule has 1 aliphatic rings. The van der Waals surface area contributed by atoms with Gasteiger partial charge in [0.1, 0.15) is 10.7 Å². The number of methoxy groups -OCH3 is 1. The number of anilines is 1. The molecule has 0 radical (unpaired) electrons. The van der Waals surface area contributed by atoms with Crippen LogP contribution in [0.2, 0.25) is 0 Å². The lowest BCUT2D eigenvalue weighted by Crippen LogP contribution is -2.30. The fourth-order valence-corrected chi connectivity index (χ4v) is 2.91. The third kappa shape index (κ3) is 3.90. The highest BCUT2D eigenvalue weighted by Crippen LogP contribution is 2.26. The first-order valence-electron chi connectivity index (χ1n) is 7.98. The van der Waals surface area contributed by atoms with Gasteiger partial charge in [-0.05, 0) is 30.5 Å². The number of nitrogens with zero attached hydrogens (tertiary/aromatic N) is 2. The summed E-state index contributed by atoms with van der Waals surface area (Å²) in [5.41, 5.74) is 1.09. The Hall–Kier alpha value is -3.03. The van der Waals surface area contributed by atoms with Crippen molar-refractivity contribution in [1.82, 2.24) is 5.32 Å². The van der Waals surface area contributed by atoms with Crippen LogP contribution in [0.15, 0.2) is 40.8 Å². The van der Waals surface area contributed by atoms with Crippen LogP contribution in [0.3, 0.4) is 0 Å². The molecular weight excluding hydrogens is 326 g/mol. The molecule has 132 valence electrons. The summed E-state index contributed by atoms with van der Waals surface area (Å²) in [6.07, 6.45) is 0.954. The molecule has 0 spiro atoms. The summed E-state index contributed by atoms with van der Waals surface area (Å²) in [5.74, 6) is 0.200. The van der Waals surface area contributed by atoms with Crippen molar-refractivity contribution in [1.29, 1.82) is 0 Å². The maximum atomic E-state index is 12.0. The van der Waals surface area contributed by atoms with Gasteiger partial charge in [-0.2, -0.15) is 0 Å². The van der Waals surface area contributed by atoms with Gasteiger partial charge in [-0.25, -0.2) is 0 Å². The Kier molecular flexibility index (Phi) is 4.87. The maximum absolute atomic E-state index is 12.0. The number of rotatable bonds is 6. The number of ether oxygens (including phenoxy) is 1. The van der Waals surface area contributed by atoms with Crippen LogP contribution in [-0.2, 0) is 0 Å². The number of amides is 1. The van der Waals surface area contributed by atoms with Gasteiger partial charge >= 0.3 is 5.88 Å². The van der Waals surface area contributed by atoms with E-state index >= 15 is 0 Å². The monoisotopic (exact) mass is 345 g/mol. The maximum Gasteiger partial charge on any atom is 0.433 e. The number of carbonyl (C=O) groups excluding carboxylic acids is 1. The fraction of sp³-hybridized carbons (Fsp3) is 0.353. The molecule has 1 aromatic carbocycles. The minimum atomic E-state index is -0.667. The number of nitro groups is 1. The largest absolute Gasteiger partial charge is 0.497 e. The SMILES string of the molecule is COc1cccc(N2CC[C@@H](CNC(=O)c3ccc([N+](=O)[O-])o3)C2)c1. The molecular formula is C17H19N3O5. The van der Waals surface area contributed by atoms with E-state index in [1.54, 1.807) is 7.11 Å². The van der Waals surface area contributed by atoms with E-state index < -0.39 is 16.7 Å². The van der Waals surface area contributed by atoms with Gasteiger partial charge in [-0.15, -0.1) is 0 Å². The van der Waals surface area contributed by atoms with E-state index in [0.717, 1.165) is 30.9 Å². The molecule has 1 atom stereocenters. The first-order chi connectivity index (χ1) is 12.1. The minimum absolute atomic E-state index is 0.0469. The Bertz CT molecular complexity index is 773. The summed E-state index contributed by atoms with van der Waals surface area (Å²) in [4.78, 5) is 24.2. The van der Waals surface area contributed by atoms with Crippen LogP contribution in [-0.4, -0.2) is 37.6 Å². The lowest BCUT2D eigenvalue weighted by Gasteiger charge is -2.19. The topological polar surface area (TPSA) is 97.8 Å². The lowest BCUT2D eigenvalue weighted by molar-refractivity contribution is -0.402. The van der Waals surface area contributed by atoms with Crippen molar-refractivity contribution in [3.05, 3.63) is 52.3 Å². The predicted octanol–water partition coefficient (Wildman–Crippen LogP) is 2.45. The molecule has 0 bridgehead atoms. The van der Waals surface area contributed by atoms with Gasteiger partial charge in [-0.3, -0.25) is 14.9 Å². The molecule has 2 aromatic rings. The Labute approximate surface area is 144 Å². The number of furan rings is 1. The van der Waals surface area contributed by atoms with E-state index in [4.69, 9.17) is 9.15 Å². The second-order valence-corrected chi connectivity index (χ2v) is 5.91. The van der Waals surface area contributed by atoms with Gasteiger partial charge in [0, 0.05) is 31.4 Å². The van der Waals surface area contributed by atoms with Crippen molar-refractivity contribution in [3.63, 3.8) is 0 Å². The number of hydrogen-bond donors (Lipinski definition) is 1. The van der Waals surface area contributed by atoms with E-state index in [0.29, 0.717) is 12.5 Å². The average molecular weight is 345 g/mol. The van der Waals surface area contributed by atoms with E-state index in [1.807, 2.05) is 24.3 Å². The summed E-state index contributed by atoms with van der Waals surface area (Å²) in [5, 5.41) is 13.4. The molecule has 25 heavy (non-hydrogen) atoms. The normalized spacial score (nSPS) is 16.7. The Morgan fingerprint density at radius 2 is 2.28 bits per heavy atom. The van der Waals surface area contributed by atoms with Crippen LogP contribution < -0.4 is 15.0 Å². The molecule has 1 aliphatic heterocycles. The first-order valence-corrected chi connectivity index (χ1v) is 7.98. The third-order valence-corrected chi connectivity index (χ3v) is 4.25. The van der Waals surface area contributed by atoms with Crippen LogP contribution in [0, 0.1) is 16.0 Å². The van der Waals surface area contributed by atoms with Gasteiger partial charge in [0.25, 0.3) is 5.91 Å². The number of hydrogen-bond acceptors (Lipinski definition) is 6. The highest BCUT2D eigenvalue weighted by Gasteiger charge is 2.24. The van der Waals surface area contributed by atoms with E-state index in [2.05, 4.69) is 10.2 Å². The molecule has 2 heterocycles. The number of carbonyl (C=O) groups is 1. The van der Waals surface area contributed by atoms with Crippen LogP contribution in [0.1, 0.15) is 17.0 Å². The second kappa shape index (κ2) is 7.25. The lowest BCUT2D eigenvalue weighted by atomic mass is 10.1. The van der Waals surface area contributed by atoms with Crippen molar-refractivity contribution in [3.8, 4) is 5.75 Å². The zero-order valence-corrected chi connectivity index (χ0v) is 13.8. The Balaban J connectivity index is 1.52. The molecule has 0 unspecified atom stereocenters. The summed E-state index contributed by atoms with van der Waals surface area (Å²) in [6.45, 7) is 2.22. The summed E-state index contributed by atoms with van der Waals surface area (Å²) in [7, 11) is 1.64. The highest BCUT2D eigenvalue weighted by atomic mass is 16.6. The van der Waals surface area contributed by atoms with Crippen molar-refractivity contribution < 1.29 is 18.9 Å². The van der Waals surface area contributed by atoms with E-state index in [1.165, 1.54) is 12.1 Å². The smallest absolute Gasteiger partial charge is 0.433 e. The predicted molar refractivity (Wildman–Crippen MR) is 91.0 cm³/mol. The Morgan fingerprint density at radius 1 is 1.44 bits per heavy atom. The van der Waals surface area contributed by atoms with Crippen molar-refractivity contribution in [2.24, 2.45) is 5.92 Å². The van der Waals surface area contributed by atoms with Gasteiger partial charge in [0.15, 0.2) is 5.76 Å². The molecule has 3 rings (SSSR count). The Morgan fingerprint density at radius 3 is 3.00 bits per heavy atom. The highest BCUT2D eigenvalue weighted by molar-refractivity contribution is 5.91. The van der Waals surface area contributed by atoms with Crippen LogP contribution in [0.5, 0.6) is 5.75 Å². The first kappa shape index (κ1) is 16.8. The quantitative estimate of drug-likeness (QED) is 0.638. The minimum Gasteiger partial charge on any atom is -0.497 e. The molecule has 0 saturated carbocycles. The summed E-state index contributed by atoms with van der Waals surface area (Å²) >= 11 is 0. The number of benzene rings is 1. The number of nitrogens with one attached hydrogen (secondary N) is 1. The molecule has 1 N–H and O–H groups in total. The van der Waals surface area contributed by atoms with Crippen LogP contribution >= 0.6 is 0 Å². The van der Waals surface area contributed by atoms with Crippen molar-refractivity contribution in [2.75, 3.05) is 31.6 Å². The molecule has 1 aromatic heterocycles. The molecule has 1 fully saturated rings. The van der Waals surface area contributed by atoms with E-state index in [-0.39, 0.29) is 5.76 Å². The molecule has 8 nitrogen and oxygen atoms in total. The zero-order chi connectivity index (χ0) is 17.8. The van der Waals surface area contributed by atoms with Crippen LogP contribution in [0.4, 0.5) is 11.6 Å². The average Bonchev–Trinajstić information content (AvgIpc) is 3.29. The van der Waals surface area contributed by atoms with Crippen LogP contribution in [0.25, 0.3) is 0 Å². The van der Waals surface area contributed by atoms with Crippen molar-refractivity contribution >= 4 is 17.5 Å². The fourth-order valence-electron chi connectivity index (χ4n) is 2.91. The van der Waals surface area contributed by atoms with Crippen molar-refractivity contribution in [2.45, 2.75) is 6.42 Å². The zero-order valence-electron chi connectivity index (χ0n) is 13.8. The summed E-state index contributed by atoms with van der Waals surface area (Å²) < 4.78 is 10.1. The molecule has 8 heteroatoms. The third-order valence-electron chi connectivity index (χ3n) is 4.25. The van der Waals surface area contributed by atoms with Gasteiger partial charge < -0.3 is 19.4 Å². The van der Waals surface area contributed by atoms with Gasteiger partial charge in [-0.1, -0.05) is 6.07 Å². The standard InChI is InChI=1S/C17H19N3O5/c1-24-14-4-2-3-13(9-14)19-8-7-12(11-19)10-18-17(21)15-5-6-16(25-15)20(22)23/h2-6,9,12H,7-8,10-11H2,1H3,(H,18,21)/t12-/m0/s1. The summed E-state index contributed by atoms with van der Waals surface area (Å²) in [6, 6.07) is 10.4. The molecule has 1 saturated heterocycles. The van der Waals surface area contributed by atoms with Gasteiger partial charge in [0.2, 0.25) is 0 Å². The molecule has 0 aliphatic carbocycles. The van der Waals surface area contributed by atoms with Gasteiger partial charge in [0.05, 0.1) is 13.2 Å². The second-order valence-electron chi connectivity index (χ2n) is 5.91. The molecule has 1 amide bonds.